The Morgan fingerprint density at radius 2 is 1.22 bits per heavy atom. The maximum Gasteiger partial charge on any atom is 1.00 e. The zero-order chi connectivity index (χ0) is 20.4. The van der Waals surface area contributed by atoms with Crippen LogP contribution in [0.5, 0.6) is 0 Å². The predicted molar refractivity (Wildman–Crippen MR) is 99.9 cm³/mol. The molecule has 8 nitrogen and oxygen atoms in total. The molecule has 1 unspecified atom stereocenters. The van der Waals surface area contributed by atoms with Gasteiger partial charge < -0.3 is 16.7 Å². The number of unbranched alkanes of at least 4 members (excludes halogenated alkanes) is 10. The molecule has 0 heterocycles. The second-order valence-electron chi connectivity index (χ2n) is 6.20. The van der Waals surface area contributed by atoms with Crippen LogP contribution in [0.1, 0.15) is 85.4 Å². The average Bonchev–Trinajstić information content (AvgIpc) is 2.53. The van der Waals surface area contributed by atoms with Crippen LogP contribution in [0.25, 0.3) is 0 Å². The van der Waals surface area contributed by atoms with Crippen molar-refractivity contribution in [1.29, 1.82) is 0 Å². The van der Waals surface area contributed by atoms with Gasteiger partial charge in [-0.2, -0.15) is 8.42 Å². The van der Waals surface area contributed by atoms with Crippen LogP contribution < -0.4 is 29.6 Å². The molecule has 0 bridgehead atoms. The molecule has 0 aliphatic heterocycles. The Morgan fingerprint density at radius 3 is 1.44 bits per heavy atom. The third-order valence-corrected chi connectivity index (χ3v) is 4.84. The number of carboxylic acids is 2. The fraction of sp³-hybridized carbons (Fsp3) is 0.882. The molecule has 0 aromatic carbocycles. The van der Waals surface area contributed by atoms with Crippen molar-refractivity contribution in [1.82, 2.24) is 0 Å². The Bertz CT molecular complexity index is 462. The summed E-state index contributed by atoms with van der Waals surface area (Å²) in [6, 6.07) is 0. The Labute approximate surface area is 186 Å². The number of hydrogen-bond donors (Lipinski definition) is 4. The standard InChI is InChI=1S/C13H28O.C4H6O7S.Na.H/c1-2-3-4-5-6-7-8-9-10-11-12-13-14;5-3(6)1-2(4(7)8)12(9,10)11;;/h14H,2-13H2,1H3;2H,1H2,(H,5,6)(H,7,8)(H,9,10,11);;/q;;+1;-1. The number of aliphatic hydroxyl groups is 1. The summed E-state index contributed by atoms with van der Waals surface area (Å²) in [7, 11) is -4.84. The van der Waals surface area contributed by atoms with Crippen LogP contribution in [-0.2, 0) is 19.7 Å². The van der Waals surface area contributed by atoms with Crippen LogP contribution in [0.15, 0.2) is 0 Å². The van der Waals surface area contributed by atoms with Crippen LogP contribution in [0.3, 0.4) is 0 Å². The molecule has 0 spiro atoms. The fourth-order valence-electron chi connectivity index (χ4n) is 2.25. The zero-order valence-corrected chi connectivity index (χ0v) is 19.4. The first-order chi connectivity index (χ1) is 12.2. The molecule has 10 heteroatoms. The molecule has 158 valence electrons. The van der Waals surface area contributed by atoms with Crippen LogP contribution in [0.4, 0.5) is 0 Å². The minimum absolute atomic E-state index is 0. The van der Waals surface area contributed by atoms with Gasteiger partial charge in [0.25, 0.3) is 10.1 Å². The van der Waals surface area contributed by atoms with Crippen molar-refractivity contribution in [3.8, 4) is 0 Å². The maximum absolute atomic E-state index is 10.2. The molecule has 0 aromatic rings. The number of hydrogen-bond acceptors (Lipinski definition) is 5. The summed E-state index contributed by atoms with van der Waals surface area (Å²) in [5.74, 6) is -3.50. The number of rotatable bonds is 15. The van der Waals surface area contributed by atoms with E-state index < -0.39 is 33.7 Å². The molecule has 4 N–H and O–H groups in total. The van der Waals surface area contributed by atoms with Crippen molar-refractivity contribution in [3.05, 3.63) is 0 Å². The molecule has 0 radical (unpaired) electrons. The third-order valence-electron chi connectivity index (χ3n) is 3.76. The monoisotopic (exact) mass is 422 g/mol. The summed E-state index contributed by atoms with van der Waals surface area (Å²) in [5, 5.41) is 22.5. The second kappa shape index (κ2) is 20.5. The third kappa shape index (κ3) is 23.8. The molecule has 0 rings (SSSR count). The van der Waals surface area contributed by atoms with Crippen molar-refractivity contribution in [3.63, 3.8) is 0 Å². The smallest absolute Gasteiger partial charge is 1.00 e. The van der Waals surface area contributed by atoms with Gasteiger partial charge >= 0.3 is 41.5 Å². The minimum Gasteiger partial charge on any atom is -1.00 e. The minimum atomic E-state index is -4.84. The van der Waals surface area contributed by atoms with Crippen LogP contribution in [0, 0.1) is 0 Å². The quantitative estimate of drug-likeness (QED) is 0.166. The van der Waals surface area contributed by atoms with Crippen LogP contribution in [-0.4, -0.2) is 52.1 Å². The van der Waals surface area contributed by atoms with Crippen molar-refractivity contribution in [2.24, 2.45) is 0 Å². The Morgan fingerprint density at radius 1 is 0.852 bits per heavy atom. The Kier molecular flexibility index (Phi) is 24.0. The van der Waals surface area contributed by atoms with Gasteiger partial charge in [-0.05, 0) is 6.42 Å². The van der Waals surface area contributed by atoms with E-state index >= 15 is 0 Å². The molecule has 0 saturated heterocycles. The van der Waals surface area contributed by atoms with Gasteiger partial charge in [0.15, 0.2) is 5.25 Å². The van der Waals surface area contributed by atoms with Crippen LogP contribution in [0.2, 0.25) is 0 Å². The van der Waals surface area contributed by atoms with E-state index in [1.165, 1.54) is 64.2 Å². The number of aliphatic carboxylic acids is 2. The first kappa shape index (κ1) is 31.5. The summed E-state index contributed by atoms with van der Waals surface area (Å²) in [6.07, 6.45) is 13.6. The van der Waals surface area contributed by atoms with E-state index in [1.54, 1.807) is 0 Å². The van der Waals surface area contributed by atoms with E-state index in [2.05, 4.69) is 6.92 Å². The van der Waals surface area contributed by atoms with Crippen molar-refractivity contribution in [2.75, 3.05) is 6.61 Å². The number of carbonyl (C=O) groups is 2. The summed E-state index contributed by atoms with van der Waals surface area (Å²) in [4.78, 5) is 20.0. The molecule has 1 atom stereocenters. The first-order valence-electron chi connectivity index (χ1n) is 9.18. The van der Waals surface area contributed by atoms with Crippen molar-refractivity contribution >= 4 is 22.1 Å². The van der Waals surface area contributed by atoms with Crippen molar-refractivity contribution < 1.29 is 68.9 Å². The molecular weight excluding hydrogens is 387 g/mol. The topological polar surface area (TPSA) is 149 Å². The van der Waals surface area contributed by atoms with E-state index in [-0.39, 0.29) is 31.0 Å². The Hall–Kier alpha value is -0.190. The predicted octanol–water partition coefficient (Wildman–Crippen LogP) is 0.208. The van der Waals surface area contributed by atoms with Gasteiger partial charge in [-0.1, -0.05) is 71.1 Å². The van der Waals surface area contributed by atoms with Crippen LogP contribution >= 0.6 is 0 Å². The largest absolute Gasteiger partial charge is 1.00 e. The van der Waals surface area contributed by atoms with E-state index in [0.717, 1.165) is 6.42 Å². The molecule has 0 aromatic heterocycles. The fourth-order valence-corrected chi connectivity index (χ4v) is 2.86. The Balaban J connectivity index is -0.000000194. The van der Waals surface area contributed by atoms with Gasteiger partial charge in [-0.25, -0.2) is 0 Å². The summed E-state index contributed by atoms with van der Waals surface area (Å²) in [6.45, 7) is 2.64. The molecule has 0 saturated carbocycles. The normalized spacial score (nSPS) is 11.7. The van der Waals surface area contributed by atoms with E-state index in [9.17, 15) is 18.0 Å². The van der Waals surface area contributed by atoms with Gasteiger partial charge in [-0.3, -0.25) is 14.1 Å². The van der Waals surface area contributed by atoms with Gasteiger partial charge in [0.05, 0.1) is 6.42 Å². The van der Waals surface area contributed by atoms with Gasteiger partial charge in [0, 0.05) is 6.61 Å². The number of carboxylic acid groups (broad SMARTS) is 2. The second-order valence-corrected chi connectivity index (χ2v) is 7.80. The first-order valence-corrected chi connectivity index (χ1v) is 10.7. The van der Waals surface area contributed by atoms with Gasteiger partial charge in [-0.15, -0.1) is 0 Å². The molecule has 0 aliphatic rings. The SMILES string of the molecule is CCCCCCCCCCCCCO.O=C(O)CC(C(=O)O)S(=O)(=O)O.[H-].[Na+]. The van der Waals surface area contributed by atoms with E-state index in [0.29, 0.717) is 6.61 Å². The zero-order valence-electron chi connectivity index (χ0n) is 17.6. The summed E-state index contributed by atoms with van der Waals surface area (Å²) < 4.78 is 28.7. The van der Waals surface area contributed by atoms with Gasteiger partial charge in [0.2, 0.25) is 0 Å². The summed E-state index contributed by atoms with van der Waals surface area (Å²) in [5.41, 5.74) is 0. The molecule has 0 aliphatic carbocycles. The maximum atomic E-state index is 10.2. The van der Waals surface area contributed by atoms with E-state index in [1.807, 2.05) is 0 Å². The van der Waals surface area contributed by atoms with Crippen molar-refractivity contribution in [2.45, 2.75) is 89.2 Å². The summed E-state index contributed by atoms with van der Waals surface area (Å²) >= 11 is 0. The molecule has 27 heavy (non-hydrogen) atoms. The molecule has 0 fully saturated rings. The number of aliphatic hydroxyl groups excluding tert-OH is 1. The average molecular weight is 423 g/mol. The van der Waals surface area contributed by atoms with E-state index in [4.69, 9.17) is 19.9 Å². The molecule has 0 amide bonds. The molecular formula is C17H35NaO8S. The van der Waals surface area contributed by atoms with Gasteiger partial charge in [0.1, 0.15) is 0 Å².